The van der Waals surface area contributed by atoms with Crippen LogP contribution in [0.25, 0.3) is 0 Å². The van der Waals surface area contributed by atoms with E-state index in [1.807, 2.05) is 0 Å². The molecule has 0 saturated heterocycles. The van der Waals surface area contributed by atoms with E-state index in [9.17, 15) is 9.18 Å². The molecule has 0 aliphatic heterocycles. The number of ether oxygens (including phenoxy) is 1. The number of alkyl halides is 1. The van der Waals surface area contributed by atoms with E-state index in [0.29, 0.717) is 5.33 Å². The molecule has 0 atom stereocenters. The van der Waals surface area contributed by atoms with Crippen LogP contribution in [0, 0.1) is 5.82 Å². The number of benzene rings is 1. The topological polar surface area (TPSA) is 38.3 Å². The average molecular weight is 344 g/mol. The van der Waals surface area contributed by atoms with Crippen molar-refractivity contribution in [1.82, 2.24) is 5.32 Å². The van der Waals surface area contributed by atoms with Crippen LogP contribution in [0.4, 0.5) is 4.39 Å². The minimum atomic E-state index is -0.553. The van der Waals surface area contributed by atoms with Crippen LogP contribution in [-0.2, 0) is 0 Å². The second-order valence-corrected chi connectivity index (χ2v) is 5.81. The number of carbonyl (C=O) groups excluding carboxylic acids is 1. The number of halogens is 2. The highest BCUT2D eigenvalue weighted by atomic mass is 79.9. The molecule has 1 fully saturated rings. The zero-order chi connectivity index (χ0) is 14.6. The van der Waals surface area contributed by atoms with Crippen LogP contribution in [0.15, 0.2) is 18.2 Å². The second kappa shape index (κ2) is 6.57. The molecule has 2 rings (SSSR count). The van der Waals surface area contributed by atoms with Crippen molar-refractivity contribution in [2.45, 2.75) is 37.6 Å². The molecule has 20 heavy (non-hydrogen) atoms. The molecule has 110 valence electrons. The standard InChI is InChI=1S/C15H19BrFNO2/c1-20-12-7-5-6-11(17)13(12)14(19)18-15(10-16)8-3-2-4-9-15/h5-7H,2-4,8-10H2,1H3,(H,18,19). The molecule has 3 nitrogen and oxygen atoms in total. The summed E-state index contributed by atoms with van der Waals surface area (Å²) in [6.07, 6.45) is 5.19. The van der Waals surface area contributed by atoms with Crippen molar-refractivity contribution in [2.75, 3.05) is 12.4 Å². The largest absolute Gasteiger partial charge is 0.496 e. The maximum atomic E-state index is 13.9. The van der Waals surface area contributed by atoms with Gasteiger partial charge < -0.3 is 10.1 Å². The lowest BCUT2D eigenvalue weighted by molar-refractivity contribution is 0.0879. The molecule has 1 aliphatic rings. The van der Waals surface area contributed by atoms with Gasteiger partial charge in [-0.3, -0.25) is 4.79 Å². The molecule has 1 aromatic carbocycles. The van der Waals surface area contributed by atoms with Gasteiger partial charge in [0, 0.05) is 5.33 Å². The Bertz CT molecular complexity index is 487. The van der Waals surface area contributed by atoms with Crippen LogP contribution in [0.5, 0.6) is 5.75 Å². The van der Waals surface area contributed by atoms with E-state index in [0.717, 1.165) is 25.7 Å². The highest BCUT2D eigenvalue weighted by Crippen LogP contribution is 2.31. The van der Waals surface area contributed by atoms with Crippen molar-refractivity contribution < 1.29 is 13.9 Å². The predicted molar refractivity (Wildman–Crippen MR) is 80.0 cm³/mol. The van der Waals surface area contributed by atoms with Crippen molar-refractivity contribution in [1.29, 1.82) is 0 Å². The minimum absolute atomic E-state index is 0.0131. The Labute approximate surface area is 127 Å². The Morgan fingerprint density at radius 2 is 2.10 bits per heavy atom. The molecule has 1 aromatic rings. The molecule has 0 unspecified atom stereocenters. The summed E-state index contributed by atoms with van der Waals surface area (Å²) in [6.45, 7) is 0. The number of rotatable bonds is 4. The molecule has 1 N–H and O–H groups in total. The van der Waals surface area contributed by atoms with Crippen LogP contribution in [0.2, 0.25) is 0 Å². The Hall–Kier alpha value is -1.10. The molecule has 1 amide bonds. The molecular formula is C15H19BrFNO2. The predicted octanol–water partition coefficient (Wildman–Crippen LogP) is 3.66. The minimum Gasteiger partial charge on any atom is -0.496 e. The van der Waals surface area contributed by atoms with E-state index in [-0.39, 0.29) is 16.9 Å². The maximum absolute atomic E-state index is 13.9. The summed E-state index contributed by atoms with van der Waals surface area (Å²) < 4.78 is 19.0. The van der Waals surface area contributed by atoms with Gasteiger partial charge in [-0.2, -0.15) is 0 Å². The summed E-state index contributed by atoms with van der Waals surface area (Å²) in [5.74, 6) is -0.688. The highest BCUT2D eigenvalue weighted by Gasteiger charge is 2.34. The fraction of sp³-hybridized carbons (Fsp3) is 0.533. The summed E-state index contributed by atoms with van der Waals surface area (Å²) >= 11 is 3.48. The average Bonchev–Trinajstić information content (AvgIpc) is 2.47. The van der Waals surface area contributed by atoms with Gasteiger partial charge in [-0.1, -0.05) is 41.3 Å². The lowest BCUT2D eigenvalue weighted by Crippen LogP contribution is -2.51. The molecule has 0 heterocycles. The van der Waals surface area contributed by atoms with Gasteiger partial charge in [0.2, 0.25) is 0 Å². The summed E-state index contributed by atoms with van der Waals surface area (Å²) in [6, 6.07) is 4.41. The highest BCUT2D eigenvalue weighted by molar-refractivity contribution is 9.09. The summed E-state index contributed by atoms with van der Waals surface area (Å²) in [7, 11) is 1.44. The van der Waals surface area contributed by atoms with Gasteiger partial charge in [0.1, 0.15) is 17.1 Å². The van der Waals surface area contributed by atoms with Crippen molar-refractivity contribution in [3.05, 3.63) is 29.6 Å². The van der Waals surface area contributed by atoms with Gasteiger partial charge in [0.05, 0.1) is 12.6 Å². The van der Waals surface area contributed by atoms with Gasteiger partial charge in [-0.25, -0.2) is 4.39 Å². The zero-order valence-corrected chi connectivity index (χ0v) is 13.1. The number of methoxy groups -OCH3 is 1. The van der Waals surface area contributed by atoms with E-state index < -0.39 is 11.7 Å². The third-order valence-corrected chi connectivity index (χ3v) is 4.94. The van der Waals surface area contributed by atoms with Crippen LogP contribution in [0.1, 0.15) is 42.5 Å². The monoisotopic (exact) mass is 343 g/mol. The lowest BCUT2D eigenvalue weighted by atomic mass is 9.83. The third kappa shape index (κ3) is 3.14. The fourth-order valence-corrected chi connectivity index (χ4v) is 3.42. The first-order valence-electron chi connectivity index (χ1n) is 6.83. The first-order chi connectivity index (χ1) is 9.62. The molecule has 0 bridgehead atoms. The molecular weight excluding hydrogens is 325 g/mol. The van der Waals surface area contributed by atoms with Crippen LogP contribution >= 0.6 is 15.9 Å². The number of amides is 1. The second-order valence-electron chi connectivity index (χ2n) is 5.25. The van der Waals surface area contributed by atoms with E-state index in [1.165, 1.54) is 25.7 Å². The van der Waals surface area contributed by atoms with Crippen molar-refractivity contribution in [3.8, 4) is 5.75 Å². The Morgan fingerprint density at radius 1 is 1.40 bits per heavy atom. The SMILES string of the molecule is COc1cccc(F)c1C(=O)NC1(CBr)CCCCC1. The lowest BCUT2D eigenvalue weighted by Gasteiger charge is -2.36. The normalized spacial score (nSPS) is 17.6. The Balaban J connectivity index is 2.23. The van der Waals surface area contributed by atoms with Crippen molar-refractivity contribution in [3.63, 3.8) is 0 Å². The van der Waals surface area contributed by atoms with Gasteiger partial charge >= 0.3 is 0 Å². The van der Waals surface area contributed by atoms with Gasteiger partial charge in [-0.05, 0) is 25.0 Å². The summed E-state index contributed by atoms with van der Waals surface area (Å²) in [4.78, 5) is 12.4. The van der Waals surface area contributed by atoms with Crippen molar-refractivity contribution >= 4 is 21.8 Å². The van der Waals surface area contributed by atoms with Crippen molar-refractivity contribution in [2.24, 2.45) is 0 Å². The van der Waals surface area contributed by atoms with Crippen LogP contribution in [0.3, 0.4) is 0 Å². The van der Waals surface area contributed by atoms with Crippen LogP contribution in [-0.4, -0.2) is 23.9 Å². The van der Waals surface area contributed by atoms with Gasteiger partial charge in [0.25, 0.3) is 5.91 Å². The molecule has 0 spiro atoms. The Morgan fingerprint density at radius 3 is 2.70 bits per heavy atom. The first-order valence-corrected chi connectivity index (χ1v) is 7.95. The molecule has 0 radical (unpaired) electrons. The number of carbonyl (C=O) groups is 1. The third-order valence-electron chi connectivity index (χ3n) is 3.87. The molecule has 1 aliphatic carbocycles. The summed E-state index contributed by atoms with van der Waals surface area (Å²) in [5, 5.41) is 3.69. The molecule has 1 saturated carbocycles. The van der Waals surface area contributed by atoms with E-state index in [2.05, 4.69) is 21.2 Å². The molecule has 0 aromatic heterocycles. The van der Waals surface area contributed by atoms with Gasteiger partial charge in [-0.15, -0.1) is 0 Å². The molecule has 5 heteroatoms. The van der Waals surface area contributed by atoms with E-state index in [1.54, 1.807) is 6.07 Å². The fourth-order valence-electron chi connectivity index (χ4n) is 2.72. The first kappa shape index (κ1) is 15.3. The van der Waals surface area contributed by atoms with E-state index in [4.69, 9.17) is 4.74 Å². The number of hydrogen-bond acceptors (Lipinski definition) is 2. The van der Waals surface area contributed by atoms with Gasteiger partial charge in [0.15, 0.2) is 0 Å². The Kier molecular flexibility index (Phi) is 5.02. The van der Waals surface area contributed by atoms with E-state index >= 15 is 0 Å². The maximum Gasteiger partial charge on any atom is 0.258 e. The smallest absolute Gasteiger partial charge is 0.258 e. The summed E-state index contributed by atoms with van der Waals surface area (Å²) in [5.41, 5.74) is -0.288. The van der Waals surface area contributed by atoms with Crippen LogP contribution < -0.4 is 10.1 Å². The zero-order valence-electron chi connectivity index (χ0n) is 11.5. The number of nitrogens with one attached hydrogen (secondary N) is 1. The number of hydrogen-bond donors (Lipinski definition) is 1. The quantitative estimate of drug-likeness (QED) is 0.847.